The van der Waals surface area contributed by atoms with E-state index >= 15 is 0 Å². The van der Waals surface area contributed by atoms with Crippen molar-refractivity contribution in [2.75, 3.05) is 39.6 Å². The van der Waals surface area contributed by atoms with E-state index in [0.717, 1.165) is 32.4 Å². The van der Waals surface area contributed by atoms with Crippen molar-refractivity contribution in [2.45, 2.75) is 51.5 Å². The molecule has 0 spiro atoms. The summed E-state index contributed by atoms with van der Waals surface area (Å²) < 4.78 is 16.4. The Kier molecular flexibility index (Phi) is 15.8. The highest BCUT2D eigenvalue weighted by atomic mass is 32.2. The lowest BCUT2D eigenvalue weighted by Crippen LogP contribution is -2.24. The molecular formula is C15H30N2O3S. The minimum absolute atomic E-state index is 0.0658. The van der Waals surface area contributed by atoms with Gasteiger partial charge in [0.15, 0.2) is 0 Å². The molecule has 0 aromatic carbocycles. The topological polar surface area (TPSA) is 63.5 Å². The van der Waals surface area contributed by atoms with Gasteiger partial charge in [0, 0.05) is 12.6 Å². The minimum Gasteiger partial charge on any atom is -0.379 e. The van der Waals surface area contributed by atoms with Crippen LogP contribution in [-0.2, 0) is 14.2 Å². The van der Waals surface area contributed by atoms with Crippen molar-refractivity contribution in [2.24, 2.45) is 0 Å². The van der Waals surface area contributed by atoms with Crippen LogP contribution in [0.2, 0.25) is 0 Å². The first-order chi connectivity index (χ1) is 10.2. The first-order valence-corrected chi connectivity index (χ1v) is 8.63. The number of hydrogen-bond acceptors (Lipinski definition) is 6. The molecule has 0 aromatic rings. The van der Waals surface area contributed by atoms with Crippen molar-refractivity contribution in [3.05, 3.63) is 0 Å². The third kappa shape index (κ3) is 15.9. The summed E-state index contributed by atoms with van der Waals surface area (Å²) in [5.74, 6) is 0. The SMILES string of the molecule is CCCOCCOCCOC(CCCNC(C)C)SC#N. The highest BCUT2D eigenvalue weighted by Gasteiger charge is 2.09. The second-order valence-electron chi connectivity index (χ2n) is 4.99. The predicted octanol–water partition coefficient (Wildman–Crippen LogP) is 2.76. The van der Waals surface area contributed by atoms with Gasteiger partial charge >= 0.3 is 0 Å². The highest BCUT2D eigenvalue weighted by molar-refractivity contribution is 8.04. The monoisotopic (exact) mass is 318 g/mol. The molecule has 1 N–H and O–H groups in total. The van der Waals surface area contributed by atoms with Crippen LogP contribution in [0.25, 0.3) is 0 Å². The number of rotatable bonds is 15. The van der Waals surface area contributed by atoms with Gasteiger partial charge in [-0.15, -0.1) is 0 Å². The van der Waals surface area contributed by atoms with Crippen LogP contribution in [0.4, 0.5) is 0 Å². The summed E-state index contributed by atoms with van der Waals surface area (Å²) in [6.45, 7) is 10.4. The van der Waals surface area contributed by atoms with E-state index in [4.69, 9.17) is 19.5 Å². The Bertz CT molecular complexity index is 260. The quantitative estimate of drug-likeness (QED) is 0.284. The van der Waals surface area contributed by atoms with Crippen LogP contribution < -0.4 is 5.32 Å². The number of ether oxygens (including phenoxy) is 3. The molecule has 0 aliphatic rings. The molecule has 5 nitrogen and oxygen atoms in total. The standard InChI is InChI=1S/C15H30N2O3S/c1-4-8-18-9-10-19-11-12-20-15(21-13-16)6-5-7-17-14(2)3/h14-15,17H,4-12H2,1-3H3. The van der Waals surface area contributed by atoms with Crippen molar-refractivity contribution in [3.8, 4) is 5.40 Å². The molecule has 0 aliphatic heterocycles. The summed E-state index contributed by atoms with van der Waals surface area (Å²) in [6.07, 6.45) is 2.91. The molecule has 0 saturated heterocycles. The maximum absolute atomic E-state index is 8.77. The Hall–Kier alpha value is -0.320. The summed E-state index contributed by atoms with van der Waals surface area (Å²) >= 11 is 1.19. The number of thioether (sulfide) groups is 1. The van der Waals surface area contributed by atoms with Gasteiger partial charge in [-0.1, -0.05) is 20.8 Å². The molecule has 0 amide bonds. The van der Waals surface area contributed by atoms with E-state index < -0.39 is 0 Å². The van der Waals surface area contributed by atoms with Crippen LogP contribution in [0.3, 0.4) is 0 Å². The Morgan fingerprint density at radius 3 is 2.38 bits per heavy atom. The Morgan fingerprint density at radius 1 is 1.10 bits per heavy atom. The van der Waals surface area contributed by atoms with Crippen molar-refractivity contribution >= 4 is 11.8 Å². The number of nitrogens with zero attached hydrogens (tertiary/aromatic N) is 1. The van der Waals surface area contributed by atoms with Crippen LogP contribution in [-0.4, -0.2) is 51.1 Å². The van der Waals surface area contributed by atoms with Gasteiger partial charge in [0.2, 0.25) is 0 Å². The van der Waals surface area contributed by atoms with Crippen LogP contribution in [0.5, 0.6) is 0 Å². The van der Waals surface area contributed by atoms with E-state index in [1.165, 1.54) is 11.8 Å². The number of thiocyanates is 1. The zero-order valence-corrected chi connectivity index (χ0v) is 14.4. The van der Waals surface area contributed by atoms with E-state index in [-0.39, 0.29) is 5.44 Å². The maximum atomic E-state index is 8.77. The highest BCUT2D eigenvalue weighted by Crippen LogP contribution is 2.16. The zero-order chi connectivity index (χ0) is 15.8. The van der Waals surface area contributed by atoms with Gasteiger partial charge in [0.25, 0.3) is 0 Å². The Labute approximate surface area is 133 Å². The number of hydrogen-bond donors (Lipinski definition) is 1. The fourth-order valence-corrected chi connectivity index (χ4v) is 2.17. The van der Waals surface area contributed by atoms with Gasteiger partial charge in [-0.05, 0) is 37.6 Å². The number of nitrogens with one attached hydrogen (secondary N) is 1. The van der Waals surface area contributed by atoms with E-state index in [2.05, 4.69) is 31.5 Å². The van der Waals surface area contributed by atoms with Gasteiger partial charge in [-0.2, -0.15) is 5.26 Å². The lowest BCUT2D eigenvalue weighted by atomic mass is 10.3. The largest absolute Gasteiger partial charge is 0.379 e. The average Bonchev–Trinajstić information content (AvgIpc) is 2.46. The van der Waals surface area contributed by atoms with Crippen LogP contribution in [0, 0.1) is 10.7 Å². The van der Waals surface area contributed by atoms with E-state index in [1.54, 1.807) is 0 Å². The molecule has 124 valence electrons. The van der Waals surface area contributed by atoms with Gasteiger partial charge in [0.05, 0.1) is 26.4 Å². The predicted molar refractivity (Wildman–Crippen MR) is 87.2 cm³/mol. The molecule has 0 aromatic heterocycles. The van der Waals surface area contributed by atoms with Crippen molar-refractivity contribution in [1.82, 2.24) is 5.32 Å². The van der Waals surface area contributed by atoms with Crippen LogP contribution in [0.1, 0.15) is 40.0 Å². The van der Waals surface area contributed by atoms with Crippen molar-refractivity contribution in [3.63, 3.8) is 0 Å². The molecule has 0 heterocycles. The average molecular weight is 318 g/mol. The summed E-state index contributed by atoms with van der Waals surface area (Å²) in [7, 11) is 0. The van der Waals surface area contributed by atoms with Gasteiger partial charge in [-0.25, -0.2) is 0 Å². The van der Waals surface area contributed by atoms with Crippen molar-refractivity contribution < 1.29 is 14.2 Å². The summed E-state index contributed by atoms with van der Waals surface area (Å²) in [5, 5.41) is 14.2. The normalized spacial score (nSPS) is 12.5. The van der Waals surface area contributed by atoms with Crippen molar-refractivity contribution in [1.29, 1.82) is 5.26 Å². The Balaban J connectivity index is 3.49. The fraction of sp³-hybridized carbons (Fsp3) is 0.933. The second kappa shape index (κ2) is 16.1. The fourth-order valence-electron chi connectivity index (χ4n) is 1.60. The second-order valence-corrected chi connectivity index (χ2v) is 5.93. The zero-order valence-electron chi connectivity index (χ0n) is 13.6. The van der Waals surface area contributed by atoms with Gasteiger partial charge < -0.3 is 19.5 Å². The lowest BCUT2D eigenvalue weighted by Gasteiger charge is -2.15. The summed E-state index contributed by atoms with van der Waals surface area (Å²) in [4.78, 5) is 0. The molecule has 1 atom stereocenters. The molecule has 0 rings (SSSR count). The minimum atomic E-state index is -0.0658. The molecular weight excluding hydrogens is 288 g/mol. The third-order valence-electron chi connectivity index (χ3n) is 2.61. The van der Waals surface area contributed by atoms with E-state index in [0.29, 0.717) is 32.5 Å². The summed E-state index contributed by atoms with van der Waals surface area (Å²) in [5.41, 5.74) is -0.0658. The van der Waals surface area contributed by atoms with E-state index in [1.807, 2.05) is 0 Å². The van der Waals surface area contributed by atoms with E-state index in [9.17, 15) is 0 Å². The number of nitriles is 1. The first kappa shape index (κ1) is 20.7. The molecule has 0 fully saturated rings. The maximum Gasteiger partial charge on any atom is 0.136 e. The van der Waals surface area contributed by atoms with Gasteiger partial charge in [-0.3, -0.25) is 0 Å². The lowest BCUT2D eigenvalue weighted by molar-refractivity contribution is 0.00783. The van der Waals surface area contributed by atoms with Gasteiger partial charge in [0.1, 0.15) is 10.8 Å². The Morgan fingerprint density at radius 2 is 1.76 bits per heavy atom. The molecule has 0 bridgehead atoms. The first-order valence-electron chi connectivity index (χ1n) is 7.75. The third-order valence-corrected chi connectivity index (χ3v) is 3.35. The van der Waals surface area contributed by atoms with Crippen LogP contribution in [0.15, 0.2) is 0 Å². The molecule has 21 heavy (non-hydrogen) atoms. The molecule has 0 aliphatic carbocycles. The molecule has 0 radical (unpaired) electrons. The molecule has 1 unspecified atom stereocenters. The molecule has 0 saturated carbocycles. The van der Waals surface area contributed by atoms with Crippen LogP contribution >= 0.6 is 11.8 Å². The molecule has 6 heteroatoms. The summed E-state index contributed by atoms with van der Waals surface area (Å²) in [6, 6.07) is 0.497. The smallest absolute Gasteiger partial charge is 0.136 e.